The van der Waals surface area contributed by atoms with Crippen LogP contribution < -0.4 is 5.32 Å². The van der Waals surface area contributed by atoms with Gasteiger partial charge in [-0.25, -0.2) is 0 Å². The lowest BCUT2D eigenvalue weighted by atomic mass is 10.1. The Morgan fingerprint density at radius 2 is 1.93 bits per heavy atom. The summed E-state index contributed by atoms with van der Waals surface area (Å²) in [4.78, 5) is 22.1. The van der Waals surface area contributed by atoms with E-state index in [1.54, 1.807) is 24.3 Å². The summed E-state index contributed by atoms with van der Waals surface area (Å²) in [6.45, 7) is 0. The summed E-state index contributed by atoms with van der Waals surface area (Å²) in [7, 11) is 0. The third-order valence-corrected chi connectivity index (χ3v) is 2.27. The van der Waals surface area contributed by atoms with Crippen molar-refractivity contribution in [2.24, 2.45) is 0 Å². The molecule has 1 aromatic carbocycles. The molecule has 0 bridgehead atoms. The van der Waals surface area contributed by atoms with E-state index in [1.807, 2.05) is 0 Å². The predicted octanol–water partition coefficient (Wildman–Crippen LogP) is 0.973. The van der Waals surface area contributed by atoms with Gasteiger partial charge in [0.2, 0.25) is 12.2 Å². The first kappa shape index (κ1) is 9.22. The minimum Gasteiger partial charge on any atom is -0.324 e. The zero-order valence-corrected chi connectivity index (χ0v) is 7.78. The van der Waals surface area contributed by atoms with Crippen LogP contribution in [0.25, 0.3) is 5.57 Å². The Kier molecular flexibility index (Phi) is 2.11. The number of ketones is 1. The van der Waals surface area contributed by atoms with Gasteiger partial charge >= 0.3 is 0 Å². The Labute approximate surface area is 86.8 Å². The van der Waals surface area contributed by atoms with Crippen LogP contribution in [-0.4, -0.2) is 12.2 Å². The zero-order chi connectivity index (χ0) is 10.8. The van der Waals surface area contributed by atoms with Crippen LogP contribution in [0.15, 0.2) is 30.0 Å². The van der Waals surface area contributed by atoms with Crippen LogP contribution in [0.4, 0.5) is 0 Å². The van der Waals surface area contributed by atoms with Crippen molar-refractivity contribution >= 4 is 17.8 Å². The number of terminal acetylenes is 1. The summed E-state index contributed by atoms with van der Waals surface area (Å²) < 4.78 is 0. The molecule has 1 aliphatic carbocycles. The van der Waals surface area contributed by atoms with Crippen LogP contribution in [0.1, 0.15) is 15.9 Å². The first-order valence-corrected chi connectivity index (χ1v) is 4.34. The van der Waals surface area contributed by atoms with E-state index in [0.717, 1.165) is 0 Å². The van der Waals surface area contributed by atoms with E-state index in [1.165, 1.54) is 0 Å². The first-order chi connectivity index (χ1) is 7.29. The van der Waals surface area contributed by atoms with Crippen LogP contribution in [0, 0.1) is 12.3 Å². The largest absolute Gasteiger partial charge is 0.324 e. The number of fused-ring (bicyclic) bond motifs is 1. The zero-order valence-electron chi connectivity index (χ0n) is 7.78. The summed E-state index contributed by atoms with van der Waals surface area (Å²) in [5.41, 5.74) is 1.88. The number of carbonyl (C=O) groups is 2. The Balaban J connectivity index is 2.64. The molecular formula is C12H7NO2. The molecule has 0 aliphatic heterocycles. The highest BCUT2D eigenvalue weighted by molar-refractivity contribution is 6.23. The van der Waals surface area contributed by atoms with Gasteiger partial charge in [0.25, 0.3) is 0 Å². The molecule has 0 atom stereocenters. The lowest BCUT2D eigenvalue weighted by Gasteiger charge is -1.97. The maximum absolute atomic E-state index is 11.8. The number of rotatable bonds is 2. The third-order valence-electron chi connectivity index (χ3n) is 2.27. The van der Waals surface area contributed by atoms with Crippen molar-refractivity contribution in [1.29, 1.82) is 0 Å². The molecule has 0 spiro atoms. The third kappa shape index (κ3) is 1.24. The number of allylic oxidation sites excluding steroid dienone is 2. The summed E-state index contributed by atoms with van der Waals surface area (Å²) in [6, 6.07) is 7.01. The monoisotopic (exact) mass is 197 g/mol. The van der Waals surface area contributed by atoms with Gasteiger partial charge in [-0.1, -0.05) is 30.2 Å². The highest BCUT2D eigenvalue weighted by Gasteiger charge is 2.27. The van der Waals surface area contributed by atoms with Gasteiger partial charge < -0.3 is 5.32 Å². The highest BCUT2D eigenvalue weighted by atomic mass is 16.1. The van der Waals surface area contributed by atoms with Gasteiger partial charge in [0.05, 0.1) is 5.57 Å². The van der Waals surface area contributed by atoms with E-state index in [4.69, 9.17) is 6.42 Å². The van der Waals surface area contributed by atoms with Gasteiger partial charge in [-0.15, -0.1) is 6.42 Å². The fourth-order valence-electron chi connectivity index (χ4n) is 1.63. The fourth-order valence-corrected chi connectivity index (χ4v) is 1.63. The number of Topliss-reactive ketones (excluding diaryl/α,β-unsaturated/α-hetero) is 1. The second kappa shape index (κ2) is 3.43. The van der Waals surface area contributed by atoms with Crippen LogP contribution in [-0.2, 0) is 4.79 Å². The molecule has 15 heavy (non-hydrogen) atoms. The molecule has 1 amide bonds. The minimum absolute atomic E-state index is 0.189. The molecule has 0 radical (unpaired) electrons. The molecule has 0 saturated heterocycles. The summed E-state index contributed by atoms with van der Waals surface area (Å²) in [5.74, 6) is 2.19. The van der Waals surface area contributed by atoms with Crippen molar-refractivity contribution in [2.45, 2.75) is 0 Å². The summed E-state index contributed by atoms with van der Waals surface area (Å²) in [5, 5.41) is 2.35. The van der Waals surface area contributed by atoms with Crippen molar-refractivity contribution in [3.05, 3.63) is 41.1 Å². The van der Waals surface area contributed by atoms with E-state index in [0.29, 0.717) is 23.1 Å². The Morgan fingerprint density at radius 3 is 2.53 bits per heavy atom. The van der Waals surface area contributed by atoms with Crippen molar-refractivity contribution < 1.29 is 9.59 Å². The number of nitrogens with one attached hydrogen (secondary N) is 1. The smallest absolute Gasteiger partial charge is 0.211 e. The molecule has 1 N–H and O–H groups in total. The van der Waals surface area contributed by atoms with Crippen molar-refractivity contribution in [2.75, 3.05) is 0 Å². The van der Waals surface area contributed by atoms with Crippen molar-refractivity contribution in [3.8, 4) is 12.3 Å². The molecule has 0 unspecified atom stereocenters. The molecule has 0 heterocycles. The number of amides is 1. The molecule has 3 nitrogen and oxygen atoms in total. The van der Waals surface area contributed by atoms with E-state index in [-0.39, 0.29) is 11.5 Å². The first-order valence-electron chi connectivity index (χ1n) is 4.34. The van der Waals surface area contributed by atoms with E-state index < -0.39 is 0 Å². The highest BCUT2D eigenvalue weighted by Crippen LogP contribution is 2.30. The average molecular weight is 197 g/mol. The van der Waals surface area contributed by atoms with Crippen molar-refractivity contribution in [1.82, 2.24) is 5.32 Å². The van der Waals surface area contributed by atoms with E-state index >= 15 is 0 Å². The Morgan fingerprint density at radius 1 is 1.27 bits per heavy atom. The molecule has 0 saturated carbocycles. The van der Waals surface area contributed by atoms with Gasteiger partial charge in [0.1, 0.15) is 5.70 Å². The normalized spacial score (nSPS) is 13.4. The van der Waals surface area contributed by atoms with Crippen LogP contribution in [0.2, 0.25) is 0 Å². The second-order valence-corrected chi connectivity index (χ2v) is 3.03. The summed E-state index contributed by atoms with van der Waals surface area (Å²) in [6.07, 6.45) is 5.77. The van der Waals surface area contributed by atoms with Gasteiger partial charge in [-0.3, -0.25) is 9.59 Å². The molecule has 72 valence electrons. The molecule has 3 heteroatoms. The lowest BCUT2D eigenvalue weighted by Crippen LogP contribution is -2.16. The maximum Gasteiger partial charge on any atom is 0.211 e. The van der Waals surface area contributed by atoms with Crippen LogP contribution in [0.5, 0.6) is 0 Å². The second-order valence-electron chi connectivity index (χ2n) is 3.03. The van der Waals surface area contributed by atoms with E-state index in [9.17, 15) is 9.59 Å². The Hall–Kier alpha value is -2.34. The standard InChI is InChI=1S/C12H7NO2/c1-2-8-9-5-3-4-6-10(9)12(15)11(8)13-7-14/h1,3-7H,(H,13,14,15). The molecular weight excluding hydrogens is 190 g/mol. The van der Waals surface area contributed by atoms with Gasteiger partial charge in [0.15, 0.2) is 0 Å². The average Bonchev–Trinajstić information content (AvgIpc) is 2.54. The van der Waals surface area contributed by atoms with Gasteiger partial charge in [-0.05, 0) is 0 Å². The van der Waals surface area contributed by atoms with Crippen molar-refractivity contribution in [3.63, 3.8) is 0 Å². The number of hydrogen-bond donors (Lipinski definition) is 1. The molecule has 2 rings (SSSR count). The topological polar surface area (TPSA) is 46.2 Å². The summed E-state index contributed by atoms with van der Waals surface area (Å²) >= 11 is 0. The number of hydrogen-bond acceptors (Lipinski definition) is 2. The number of benzene rings is 1. The fraction of sp³-hybridized carbons (Fsp3) is 0. The van der Waals surface area contributed by atoms with Gasteiger partial charge in [0, 0.05) is 11.1 Å². The van der Waals surface area contributed by atoms with Crippen LogP contribution >= 0.6 is 0 Å². The Bertz CT molecular complexity index is 521. The SMILES string of the molecule is C#CC1=C(NC=O)C(=O)c2ccccc21. The molecule has 1 aliphatic rings. The molecule has 0 aromatic heterocycles. The van der Waals surface area contributed by atoms with E-state index in [2.05, 4.69) is 11.2 Å². The molecule has 1 aromatic rings. The minimum atomic E-state index is -0.231. The quantitative estimate of drug-likeness (QED) is 0.567. The van der Waals surface area contributed by atoms with Gasteiger partial charge in [-0.2, -0.15) is 0 Å². The molecule has 0 fully saturated rings. The number of carbonyl (C=O) groups excluding carboxylic acids is 2. The van der Waals surface area contributed by atoms with Crippen LogP contribution in [0.3, 0.4) is 0 Å². The lowest BCUT2D eigenvalue weighted by molar-refractivity contribution is -0.108. The maximum atomic E-state index is 11.8. The predicted molar refractivity (Wildman–Crippen MR) is 55.7 cm³/mol.